The average molecular weight is 257 g/mol. The normalized spacial score (nSPS) is 12.2. The third kappa shape index (κ3) is 2.67. The summed E-state index contributed by atoms with van der Waals surface area (Å²) in [7, 11) is 1.61. The van der Waals surface area contributed by atoms with Crippen LogP contribution >= 0.6 is 0 Å². The lowest BCUT2D eigenvalue weighted by atomic mass is 10.1. The summed E-state index contributed by atoms with van der Waals surface area (Å²) in [4.78, 5) is 11.6. The molecule has 0 aliphatic rings. The highest BCUT2D eigenvalue weighted by Gasteiger charge is 2.15. The Morgan fingerprint density at radius 3 is 2.68 bits per heavy atom. The van der Waals surface area contributed by atoms with Crippen LogP contribution in [-0.2, 0) is 0 Å². The summed E-state index contributed by atoms with van der Waals surface area (Å²) >= 11 is 0. The number of nitrogens with one attached hydrogen (secondary N) is 1. The zero-order valence-corrected chi connectivity index (χ0v) is 11.8. The lowest BCUT2D eigenvalue weighted by Gasteiger charge is -2.15. The second-order valence-electron chi connectivity index (χ2n) is 4.78. The number of aryl methyl sites for hydroxylation is 2. The summed E-state index contributed by atoms with van der Waals surface area (Å²) in [6, 6.07) is 10.3. The van der Waals surface area contributed by atoms with Gasteiger partial charge in [0, 0.05) is 12.7 Å². The fourth-order valence-corrected chi connectivity index (χ4v) is 2.19. The molecule has 1 atom stereocenters. The van der Waals surface area contributed by atoms with Crippen molar-refractivity contribution in [2.45, 2.75) is 26.8 Å². The Hall–Kier alpha value is -2.10. The molecule has 100 valence electrons. The van der Waals surface area contributed by atoms with E-state index in [0.717, 1.165) is 5.69 Å². The van der Waals surface area contributed by atoms with E-state index in [9.17, 15) is 4.79 Å². The molecule has 1 unspecified atom stereocenters. The highest BCUT2D eigenvalue weighted by atomic mass is 16.1. The zero-order valence-electron chi connectivity index (χ0n) is 11.8. The topological polar surface area (TPSA) is 46.9 Å². The van der Waals surface area contributed by atoms with E-state index < -0.39 is 0 Å². The van der Waals surface area contributed by atoms with Gasteiger partial charge in [-0.25, -0.2) is 0 Å². The molecule has 2 rings (SSSR count). The molecule has 1 aromatic carbocycles. The summed E-state index contributed by atoms with van der Waals surface area (Å²) in [5.41, 5.74) is 3.85. The second kappa shape index (κ2) is 5.26. The molecule has 0 fully saturated rings. The molecule has 19 heavy (non-hydrogen) atoms. The Morgan fingerprint density at radius 1 is 1.32 bits per heavy atom. The van der Waals surface area contributed by atoms with Gasteiger partial charge in [0.1, 0.15) is 5.69 Å². The first-order valence-electron chi connectivity index (χ1n) is 6.37. The molecular weight excluding hydrogens is 238 g/mol. The Labute approximate surface area is 113 Å². The van der Waals surface area contributed by atoms with Crippen molar-refractivity contribution in [3.05, 3.63) is 52.8 Å². The van der Waals surface area contributed by atoms with Gasteiger partial charge in [0.25, 0.3) is 5.91 Å². The summed E-state index contributed by atoms with van der Waals surface area (Å²) in [5, 5.41) is 6.99. The van der Waals surface area contributed by atoms with Crippen LogP contribution in [0.25, 0.3) is 0 Å². The first-order valence-corrected chi connectivity index (χ1v) is 6.37. The molecule has 0 bridgehead atoms. The van der Waals surface area contributed by atoms with E-state index in [1.807, 2.05) is 23.7 Å². The lowest BCUT2D eigenvalue weighted by molar-refractivity contribution is 0.0957. The van der Waals surface area contributed by atoms with E-state index in [1.54, 1.807) is 7.05 Å². The zero-order chi connectivity index (χ0) is 14.0. The summed E-state index contributed by atoms with van der Waals surface area (Å²) < 4.78 is 1.89. The van der Waals surface area contributed by atoms with Gasteiger partial charge in [-0.3, -0.25) is 9.48 Å². The van der Waals surface area contributed by atoms with E-state index >= 15 is 0 Å². The van der Waals surface area contributed by atoms with Crippen molar-refractivity contribution in [3.63, 3.8) is 0 Å². The van der Waals surface area contributed by atoms with Crippen LogP contribution in [0.5, 0.6) is 0 Å². The number of carbonyl (C=O) groups is 1. The van der Waals surface area contributed by atoms with Crippen molar-refractivity contribution >= 4 is 5.91 Å². The number of hydrogen-bond acceptors (Lipinski definition) is 2. The van der Waals surface area contributed by atoms with Crippen LogP contribution in [0.2, 0.25) is 0 Å². The van der Waals surface area contributed by atoms with Crippen LogP contribution < -0.4 is 5.32 Å². The number of benzene rings is 1. The molecule has 2 aromatic rings. The molecule has 0 saturated carbocycles. The predicted octanol–water partition coefficient (Wildman–Crippen LogP) is 2.47. The number of nitrogens with zero attached hydrogens (tertiary/aromatic N) is 2. The minimum atomic E-state index is -0.154. The van der Waals surface area contributed by atoms with Gasteiger partial charge in [0.15, 0.2) is 0 Å². The summed E-state index contributed by atoms with van der Waals surface area (Å²) in [5.74, 6) is -0.154. The van der Waals surface area contributed by atoms with Gasteiger partial charge < -0.3 is 5.32 Å². The van der Waals surface area contributed by atoms with Crippen molar-refractivity contribution in [1.82, 2.24) is 15.1 Å². The standard InChI is InChI=1S/C15H19N3O/c1-10-6-5-7-13(8-10)12(3)18-11(2)9-14(17-18)15(19)16-4/h5-9,12H,1-4H3,(H,16,19). The molecule has 1 N–H and O–H groups in total. The van der Waals surface area contributed by atoms with Gasteiger partial charge in [-0.2, -0.15) is 5.10 Å². The van der Waals surface area contributed by atoms with Crippen LogP contribution in [0.4, 0.5) is 0 Å². The molecule has 1 heterocycles. The number of rotatable bonds is 3. The molecule has 0 aliphatic carbocycles. The van der Waals surface area contributed by atoms with E-state index in [-0.39, 0.29) is 11.9 Å². The van der Waals surface area contributed by atoms with Gasteiger partial charge in [0.2, 0.25) is 0 Å². The lowest BCUT2D eigenvalue weighted by Crippen LogP contribution is -2.19. The Morgan fingerprint density at radius 2 is 2.05 bits per heavy atom. The molecule has 0 radical (unpaired) electrons. The first-order chi connectivity index (χ1) is 9.02. The van der Waals surface area contributed by atoms with Gasteiger partial charge in [-0.05, 0) is 32.4 Å². The van der Waals surface area contributed by atoms with Crippen LogP contribution in [-0.4, -0.2) is 22.7 Å². The van der Waals surface area contributed by atoms with Crippen molar-refractivity contribution in [3.8, 4) is 0 Å². The Kier molecular flexibility index (Phi) is 3.69. The van der Waals surface area contributed by atoms with Crippen LogP contribution in [0, 0.1) is 13.8 Å². The average Bonchev–Trinajstić information content (AvgIpc) is 2.79. The van der Waals surface area contributed by atoms with E-state index in [4.69, 9.17) is 0 Å². The second-order valence-corrected chi connectivity index (χ2v) is 4.78. The van der Waals surface area contributed by atoms with E-state index in [2.05, 4.69) is 42.5 Å². The molecular formula is C15H19N3O. The summed E-state index contributed by atoms with van der Waals surface area (Å²) in [6.07, 6.45) is 0. The van der Waals surface area contributed by atoms with Gasteiger partial charge in [0.05, 0.1) is 6.04 Å². The predicted molar refractivity (Wildman–Crippen MR) is 75.3 cm³/mol. The van der Waals surface area contributed by atoms with Crippen LogP contribution in [0.1, 0.15) is 40.3 Å². The number of carbonyl (C=O) groups excluding carboxylic acids is 1. The fourth-order valence-electron chi connectivity index (χ4n) is 2.19. The number of amides is 1. The van der Waals surface area contributed by atoms with E-state index in [1.165, 1.54) is 11.1 Å². The molecule has 4 nitrogen and oxygen atoms in total. The van der Waals surface area contributed by atoms with Crippen molar-refractivity contribution in [2.75, 3.05) is 7.05 Å². The molecule has 0 aliphatic heterocycles. The maximum absolute atomic E-state index is 11.6. The minimum Gasteiger partial charge on any atom is -0.354 e. The Balaban J connectivity index is 2.36. The van der Waals surface area contributed by atoms with E-state index in [0.29, 0.717) is 5.69 Å². The fraction of sp³-hybridized carbons (Fsp3) is 0.333. The monoisotopic (exact) mass is 257 g/mol. The third-order valence-electron chi connectivity index (χ3n) is 3.27. The molecule has 1 amide bonds. The molecule has 0 saturated heterocycles. The Bertz CT molecular complexity index is 601. The van der Waals surface area contributed by atoms with Gasteiger partial charge >= 0.3 is 0 Å². The first kappa shape index (κ1) is 13.3. The maximum atomic E-state index is 11.6. The maximum Gasteiger partial charge on any atom is 0.271 e. The smallest absolute Gasteiger partial charge is 0.271 e. The van der Waals surface area contributed by atoms with Crippen LogP contribution in [0.3, 0.4) is 0 Å². The SMILES string of the molecule is CNC(=O)c1cc(C)n(C(C)c2cccc(C)c2)n1. The quantitative estimate of drug-likeness (QED) is 0.918. The van der Waals surface area contributed by atoms with Crippen molar-refractivity contribution < 1.29 is 4.79 Å². The van der Waals surface area contributed by atoms with Crippen molar-refractivity contribution in [2.24, 2.45) is 0 Å². The number of aromatic nitrogens is 2. The number of hydrogen-bond donors (Lipinski definition) is 1. The highest BCUT2D eigenvalue weighted by molar-refractivity contribution is 5.92. The molecule has 4 heteroatoms. The van der Waals surface area contributed by atoms with Gasteiger partial charge in [-0.1, -0.05) is 29.8 Å². The molecule has 1 aromatic heterocycles. The van der Waals surface area contributed by atoms with Crippen molar-refractivity contribution in [1.29, 1.82) is 0 Å². The summed E-state index contributed by atoms with van der Waals surface area (Å²) in [6.45, 7) is 6.12. The third-order valence-corrected chi connectivity index (χ3v) is 3.27. The van der Waals surface area contributed by atoms with Crippen LogP contribution in [0.15, 0.2) is 30.3 Å². The highest BCUT2D eigenvalue weighted by Crippen LogP contribution is 2.20. The molecule has 0 spiro atoms. The minimum absolute atomic E-state index is 0.110. The van der Waals surface area contributed by atoms with Gasteiger partial charge in [-0.15, -0.1) is 0 Å². The largest absolute Gasteiger partial charge is 0.354 e.